The third-order valence-electron chi connectivity index (χ3n) is 3.11. The highest BCUT2D eigenvalue weighted by molar-refractivity contribution is 7.89. The van der Waals surface area contributed by atoms with Gasteiger partial charge in [0.2, 0.25) is 0 Å². The number of anilines is 1. The van der Waals surface area contributed by atoms with E-state index in [1.807, 2.05) is 35.0 Å². The molecule has 0 fully saturated rings. The molecule has 0 aliphatic rings. The maximum Gasteiger partial charge on any atom is 0.258 e. The number of para-hydroxylation sites is 1. The fraction of sp³-hybridized carbons (Fsp3) is 0.200. The SMILES string of the molecule is CS(=O)(=O)Cc1ccccc1NCc1noc(-c2ccsc2)n1. The predicted molar refractivity (Wildman–Crippen MR) is 89.9 cm³/mol. The van der Waals surface area contributed by atoms with Crippen LogP contribution in [0.4, 0.5) is 5.69 Å². The monoisotopic (exact) mass is 349 g/mol. The number of aromatic nitrogens is 2. The van der Waals surface area contributed by atoms with Gasteiger partial charge in [-0.25, -0.2) is 8.42 Å². The molecule has 0 spiro atoms. The number of rotatable bonds is 6. The largest absolute Gasteiger partial charge is 0.377 e. The molecule has 3 rings (SSSR count). The molecule has 3 aromatic rings. The summed E-state index contributed by atoms with van der Waals surface area (Å²) in [7, 11) is -3.10. The van der Waals surface area contributed by atoms with Crippen LogP contribution in [0, 0.1) is 0 Å². The highest BCUT2D eigenvalue weighted by atomic mass is 32.2. The van der Waals surface area contributed by atoms with E-state index in [0.717, 1.165) is 16.8 Å². The quantitative estimate of drug-likeness (QED) is 0.736. The molecule has 2 heterocycles. The van der Waals surface area contributed by atoms with Crippen molar-refractivity contribution in [3.8, 4) is 11.5 Å². The van der Waals surface area contributed by atoms with Crippen molar-refractivity contribution >= 4 is 26.9 Å². The normalized spacial score (nSPS) is 11.5. The molecule has 1 aromatic carbocycles. The fourth-order valence-electron chi connectivity index (χ4n) is 2.10. The van der Waals surface area contributed by atoms with E-state index in [9.17, 15) is 8.42 Å². The van der Waals surface area contributed by atoms with Gasteiger partial charge in [0.05, 0.1) is 17.9 Å². The molecule has 23 heavy (non-hydrogen) atoms. The molecule has 6 nitrogen and oxygen atoms in total. The second-order valence-electron chi connectivity index (χ2n) is 5.11. The number of hydrogen-bond acceptors (Lipinski definition) is 7. The van der Waals surface area contributed by atoms with Gasteiger partial charge in [0.1, 0.15) is 0 Å². The molecule has 2 aromatic heterocycles. The van der Waals surface area contributed by atoms with Crippen molar-refractivity contribution in [2.45, 2.75) is 12.3 Å². The molecule has 120 valence electrons. The maximum absolute atomic E-state index is 11.5. The summed E-state index contributed by atoms with van der Waals surface area (Å²) in [6.45, 7) is 0.356. The third kappa shape index (κ3) is 4.17. The molecule has 0 aliphatic carbocycles. The molecule has 0 bridgehead atoms. The van der Waals surface area contributed by atoms with E-state index < -0.39 is 9.84 Å². The first-order chi connectivity index (χ1) is 11.0. The van der Waals surface area contributed by atoms with Crippen LogP contribution in [0.3, 0.4) is 0 Å². The van der Waals surface area contributed by atoms with E-state index in [1.165, 1.54) is 6.26 Å². The van der Waals surface area contributed by atoms with Crippen molar-refractivity contribution in [3.63, 3.8) is 0 Å². The highest BCUT2D eigenvalue weighted by Crippen LogP contribution is 2.21. The van der Waals surface area contributed by atoms with Gasteiger partial charge in [0.25, 0.3) is 5.89 Å². The molecule has 0 saturated heterocycles. The number of benzene rings is 1. The Balaban J connectivity index is 1.72. The lowest BCUT2D eigenvalue weighted by molar-refractivity contribution is 0.423. The van der Waals surface area contributed by atoms with Crippen LogP contribution in [0.15, 0.2) is 45.6 Å². The Morgan fingerprint density at radius 1 is 1.26 bits per heavy atom. The van der Waals surface area contributed by atoms with Gasteiger partial charge in [-0.1, -0.05) is 23.4 Å². The number of thiophene rings is 1. The maximum atomic E-state index is 11.5. The molecule has 8 heteroatoms. The molecular formula is C15H15N3O3S2. The highest BCUT2D eigenvalue weighted by Gasteiger charge is 2.11. The molecule has 0 atom stereocenters. The van der Waals surface area contributed by atoms with E-state index in [1.54, 1.807) is 17.4 Å². The summed E-state index contributed by atoms with van der Waals surface area (Å²) in [4.78, 5) is 4.32. The second kappa shape index (κ2) is 6.51. The molecule has 0 saturated carbocycles. The number of nitrogens with zero attached hydrogens (tertiary/aromatic N) is 2. The van der Waals surface area contributed by atoms with E-state index in [-0.39, 0.29) is 5.75 Å². The van der Waals surface area contributed by atoms with Gasteiger partial charge in [-0.15, -0.1) is 0 Å². The molecule has 0 amide bonds. The van der Waals surface area contributed by atoms with E-state index in [0.29, 0.717) is 18.3 Å². The van der Waals surface area contributed by atoms with E-state index >= 15 is 0 Å². The Morgan fingerprint density at radius 2 is 2.09 bits per heavy atom. The number of hydrogen-bond donors (Lipinski definition) is 1. The van der Waals surface area contributed by atoms with Crippen LogP contribution >= 0.6 is 11.3 Å². The molecule has 0 radical (unpaired) electrons. The van der Waals surface area contributed by atoms with Crippen LogP contribution in [0.2, 0.25) is 0 Å². The van der Waals surface area contributed by atoms with Crippen LogP contribution < -0.4 is 5.32 Å². The van der Waals surface area contributed by atoms with E-state index in [4.69, 9.17) is 4.52 Å². The minimum absolute atomic E-state index is 0.0113. The zero-order valence-corrected chi connectivity index (χ0v) is 14.0. The van der Waals surface area contributed by atoms with Crippen LogP contribution in [-0.4, -0.2) is 24.8 Å². The lowest BCUT2D eigenvalue weighted by Gasteiger charge is -2.09. The predicted octanol–water partition coefficient (Wildman–Crippen LogP) is 2.95. The number of sulfone groups is 1. The molecular weight excluding hydrogens is 334 g/mol. The van der Waals surface area contributed by atoms with E-state index in [2.05, 4.69) is 15.5 Å². The zero-order chi connectivity index (χ0) is 16.3. The van der Waals surface area contributed by atoms with Crippen molar-refractivity contribution in [2.24, 2.45) is 0 Å². The molecule has 0 unspecified atom stereocenters. The van der Waals surface area contributed by atoms with Gasteiger partial charge >= 0.3 is 0 Å². The van der Waals surface area contributed by atoms with Gasteiger partial charge < -0.3 is 9.84 Å². The topological polar surface area (TPSA) is 85.1 Å². The van der Waals surface area contributed by atoms with Crippen LogP contribution in [-0.2, 0) is 22.1 Å². The average molecular weight is 349 g/mol. The van der Waals surface area contributed by atoms with Crippen molar-refractivity contribution < 1.29 is 12.9 Å². The lowest BCUT2D eigenvalue weighted by atomic mass is 10.2. The Kier molecular flexibility index (Phi) is 4.44. The summed E-state index contributed by atoms with van der Waals surface area (Å²) in [6, 6.07) is 9.20. The smallest absolute Gasteiger partial charge is 0.258 e. The van der Waals surface area contributed by atoms with Crippen LogP contribution in [0.25, 0.3) is 11.5 Å². The van der Waals surface area contributed by atoms with Gasteiger partial charge in [0.15, 0.2) is 15.7 Å². The second-order valence-corrected chi connectivity index (χ2v) is 8.03. The minimum Gasteiger partial charge on any atom is -0.377 e. The molecule has 0 aliphatic heterocycles. The summed E-state index contributed by atoms with van der Waals surface area (Å²) in [5.41, 5.74) is 2.36. The summed E-state index contributed by atoms with van der Waals surface area (Å²) in [5.74, 6) is 0.982. The van der Waals surface area contributed by atoms with Crippen molar-refractivity contribution in [1.29, 1.82) is 0 Å². The summed E-state index contributed by atoms with van der Waals surface area (Å²) in [5, 5.41) is 11.0. The summed E-state index contributed by atoms with van der Waals surface area (Å²) in [6.07, 6.45) is 1.22. The van der Waals surface area contributed by atoms with Gasteiger partial charge in [-0.3, -0.25) is 0 Å². The van der Waals surface area contributed by atoms with Crippen molar-refractivity contribution in [2.75, 3.05) is 11.6 Å². The fourth-order valence-corrected chi connectivity index (χ4v) is 3.55. The average Bonchev–Trinajstić information content (AvgIpc) is 3.16. The van der Waals surface area contributed by atoms with Crippen molar-refractivity contribution in [3.05, 3.63) is 52.5 Å². The first-order valence-corrected chi connectivity index (χ1v) is 9.86. The Morgan fingerprint density at radius 3 is 2.83 bits per heavy atom. The zero-order valence-electron chi connectivity index (χ0n) is 12.4. The summed E-state index contributed by atoms with van der Waals surface area (Å²) < 4.78 is 28.2. The first-order valence-electron chi connectivity index (χ1n) is 6.86. The van der Waals surface area contributed by atoms with Crippen molar-refractivity contribution in [1.82, 2.24) is 10.1 Å². The standard InChI is InChI=1S/C15H15N3O3S2/c1-23(19,20)10-12-4-2-3-5-13(12)16-8-14-17-15(21-18-14)11-6-7-22-9-11/h2-7,9,16H,8,10H2,1H3. The van der Waals surface area contributed by atoms with Crippen LogP contribution in [0.1, 0.15) is 11.4 Å². The Bertz CT molecular complexity index is 886. The Hall–Kier alpha value is -2.19. The molecule has 1 N–H and O–H groups in total. The third-order valence-corrected chi connectivity index (χ3v) is 4.63. The van der Waals surface area contributed by atoms with Crippen LogP contribution in [0.5, 0.6) is 0 Å². The van der Waals surface area contributed by atoms with Gasteiger partial charge in [-0.2, -0.15) is 16.3 Å². The Labute approximate surface area is 138 Å². The first kappa shape index (κ1) is 15.7. The minimum atomic E-state index is -3.10. The van der Waals surface area contributed by atoms with Gasteiger partial charge in [-0.05, 0) is 23.1 Å². The van der Waals surface area contributed by atoms with Gasteiger partial charge in [0, 0.05) is 17.3 Å². The summed E-state index contributed by atoms with van der Waals surface area (Å²) >= 11 is 1.56. The number of nitrogens with one attached hydrogen (secondary N) is 1. The lowest BCUT2D eigenvalue weighted by Crippen LogP contribution is -2.07.